The van der Waals surface area contributed by atoms with Crippen LogP contribution in [0.25, 0.3) is 10.2 Å². The standard InChI is InChI=1S/C19H21N3OS.ClH/c1-13(12-20-2)19(23)21-15-9-7-14(8-10-15)11-18-22-16-5-3-4-6-17(16)24-18;/h3-10,13,20H,11-12H2,1-2H3,(H,21,23);1H. The fourth-order valence-electron chi connectivity index (χ4n) is 2.54. The first-order chi connectivity index (χ1) is 11.7. The SMILES string of the molecule is CNCC(C)C(=O)Nc1ccc(Cc2nc3ccccc3s2)cc1.Cl. The van der Waals surface area contributed by atoms with Crippen LogP contribution in [0.3, 0.4) is 0 Å². The molecule has 25 heavy (non-hydrogen) atoms. The second-order valence-corrected chi connectivity index (χ2v) is 7.01. The predicted molar refractivity (Wildman–Crippen MR) is 108 cm³/mol. The van der Waals surface area contributed by atoms with Crippen molar-refractivity contribution in [3.8, 4) is 0 Å². The van der Waals surface area contributed by atoms with Gasteiger partial charge in [-0.25, -0.2) is 4.98 Å². The van der Waals surface area contributed by atoms with Gasteiger partial charge in [0.05, 0.1) is 15.2 Å². The summed E-state index contributed by atoms with van der Waals surface area (Å²) in [5.74, 6) is -0.0271. The first-order valence-electron chi connectivity index (χ1n) is 8.04. The number of fused-ring (bicyclic) bond motifs is 1. The minimum absolute atomic E-state index is 0. The van der Waals surface area contributed by atoms with Gasteiger partial charge in [0.25, 0.3) is 0 Å². The maximum atomic E-state index is 12.0. The average molecular weight is 376 g/mol. The lowest BCUT2D eigenvalue weighted by Crippen LogP contribution is -2.28. The molecule has 0 aliphatic rings. The Labute approximate surface area is 158 Å². The number of aromatic nitrogens is 1. The lowest BCUT2D eigenvalue weighted by Gasteiger charge is -2.11. The number of rotatable bonds is 6. The van der Waals surface area contributed by atoms with E-state index >= 15 is 0 Å². The van der Waals surface area contributed by atoms with Gasteiger partial charge in [-0.1, -0.05) is 31.2 Å². The molecule has 0 aliphatic heterocycles. The molecule has 4 nitrogen and oxygen atoms in total. The summed E-state index contributed by atoms with van der Waals surface area (Å²) in [4.78, 5) is 16.7. The zero-order valence-corrected chi connectivity index (χ0v) is 15.9. The minimum Gasteiger partial charge on any atom is -0.326 e. The van der Waals surface area contributed by atoms with Gasteiger partial charge in [0, 0.05) is 24.6 Å². The van der Waals surface area contributed by atoms with Crippen LogP contribution in [-0.4, -0.2) is 24.5 Å². The molecule has 0 saturated carbocycles. The Kier molecular flexibility index (Phi) is 6.93. The number of amides is 1. The predicted octanol–water partition coefficient (Wildman–Crippen LogP) is 4.10. The molecule has 0 saturated heterocycles. The van der Waals surface area contributed by atoms with Gasteiger partial charge in [0.2, 0.25) is 5.91 Å². The molecule has 6 heteroatoms. The first-order valence-corrected chi connectivity index (χ1v) is 8.86. The van der Waals surface area contributed by atoms with Crippen molar-refractivity contribution in [3.05, 3.63) is 59.1 Å². The smallest absolute Gasteiger partial charge is 0.228 e. The van der Waals surface area contributed by atoms with Crippen molar-refractivity contribution in [2.45, 2.75) is 13.3 Å². The van der Waals surface area contributed by atoms with E-state index in [0.29, 0.717) is 6.54 Å². The highest BCUT2D eigenvalue weighted by atomic mass is 35.5. The van der Waals surface area contributed by atoms with E-state index in [1.807, 2.05) is 56.4 Å². The van der Waals surface area contributed by atoms with Gasteiger partial charge in [-0.05, 0) is 36.9 Å². The Hall–Kier alpha value is -1.95. The van der Waals surface area contributed by atoms with Crippen molar-refractivity contribution in [2.75, 3.05) is 18.9 Å². The molecule has 0 bridgehead atoms. The Balaban J connectivity index is 0.00000225. The van der Waals surface area contributed by atoms with Crippen LogP contribution in [0.4, 0.5) is 5.69 Å². The molecule has 2 aromatic carbocycles. The van der Waals surface area contributed by atoms with Gasteiger partial charge in [0.15, 0.2) is 0 Å². The molecule has 1 aromatic heterocycles. The highest BCUT2D eigenvalue weighted by molar-refractivity contribution is 7.18. The van der Waals surface area contributed by atoms with E-state index in [0.717, 1.165) is 22.6 Å². The van der Waals surface area contributed by atoms with Gasteiger partial charge in [0.1, 0.15) is 0 Å². The molecule has 0 radical (unpaired) electrons. The van der Waals surface area contributed by atoms with E-state index in [4.69, 9.17) is 0 Å². The zero-order chi connectivity index (χ0) is 16.9. The molecule has 1 heterocycles. The first kappa shape index (κ1) is 19.4. The fourth-order valence-corrected chi connectivity index (χ4v) is 3.54. The van der Waals surface area contributed by atoms with Gasteiger partial charge in [-0.2, -0.15) is 0 Å². The van der Waals surface area contributed by atoms with Crippen LogP contribution in [0.15, 0.2) is 48.5 Å². The Morgan fingerprint density at radius 3 is 2.56 bits per heavy atom. The fraction of sp³-hybridized carbons (Fsp3) is 0.263. The van der Waals surface area contributed by atoms with Crippen molar-refractivity contribution in [3.63, 3.8) is 0 Å². The number of benzene rings is 2. The normalized spacial score (nSPS) is 11.8. The van der Waals surface area contributed by atoms with Crippen molar-refractivity contribution < 1.29 is 4.79 Å². The van der Waals surface area contributed by atoms with Crippen LogP contribution in [0, 0.1) is 5.92 Å². The van der Waals surface area contributed by atoms with E-state index in [2.05, 4.69) is 21.7 Å². The molecule has 1 unspecified atom stereocenters. The molecule has 0 fully saturated rings. The monoisotopic (exact) mass is 375 g/mol. The van der Waals surface area contributed by atoms with Gasteiger partial charge >= 0.3 is 0 Å². The zero-order valence-electron chi connectivity index (χ0n) is 14.3. The van der Waals surface area contributed by atoms with Crippen molar-refractivity contribution in [1.29, 1.82) is 0 Å². The van der Waals surface area contributed by atoms with Crippen LogP contribution in [-0.2, 0) is 11.2 Å². The molecule has 132 valence electrons. The number of hydrogen-bond acceptors (Lipinski definition) is 4. The summed E-state index contributed by atoms with van der Waals surface area (Å²) in [6, 6.07) is 16.2. The molecule has 3 aromatic rings. The lowest BCUT2D eigenvalue weighted by molar-refractivity contribution is -0.119. The van der Waals surface area contributed by atoms with Crippen molar-refractivity contribution >= 4 is 45.6 Å². The number of thiazole rings is 1. The minimum atomic E-state index is -0.0579. The molecule has 1 atom stereocenters. The van der Waals surface area contributed by atoms with Crippen molar-refractivity contribution in [2.24, 2.45) is 5.92 Å². The lowest BCUT2D eigenvalue weighted by atomic mass is 10.1. The van der Waals surface area contributed by atoms with Crippen LogP contribution < -0.4 is 10.6 Å². The maximum absolute atomic E-state index is 12.0. The number of halogens is 1. The second-order valence-electron chi connectivity index (χ2n) is 5.90. The van der Waals surface area contributed by atoms with Gasteiger partial charge < -0.3 is 10.6 Å². The summed E-state index contributed by atoms with van der Waals surface area (Å²) >= 11 is 1.73. The summed E-state index contributed by atoms with van der Waals surface area (Å²) < 4.78 is 1.22. The number of carbonyl (C=O) groups is 1. The quantitative estimate of drug-likeness (QED) is 0.681. The number of nitrogens with zero attached hydrogens (tertiary/aromatic N) is 1. The van der Waals surface area contributed by atoms with Crippen LogP contribution >= 0.6 is 23.7 Å². The maximum Gasteiger partial charge on any atom is 0.228 e. The number of para-hydroxylation sites is 1. The van der Waals surface area contributed by atoms with E-state index in [1.165, 1.54) is 10.3 Å². The summed E-state index contributed by atoms with van der Waals surface area (Å²) in [5.41, 5.74) is 3.08. The highest BCUT2D eigenvalue weighted by Gasteiger charge is 2.12. The molecular formula is C19H22ClN3OS. The van der Waals surface area contributed by atoms with E-state index in [-0.39, 0.29) is 24.2 Å². The highest BCUT2D eigenvalue weighted by Crippen LogP contribution is 2.24. The molecule has 1 amide bonds. The third-order valence-corrected chi connectivity index (χ3v) is 4.91. The Morgan fingerprint density at radius 2 is 1.88 bits per heavy atom. The molecule has 0 spiro atoms. The number of nitrogens with one attached hydrogen (secondary N) is 2. The van der Waals surface area contributed by atoms with Crippen LogP contribution in [0.1, 0.15) is 17.5 Å². The Bertz CT molecular complexity index is 799. The van der Waals surface area contributed by atoms with E-state index in [9.17, 15) is 4.79 Å². The third kappa shape index (κ3) is 5.01. The summed E-state index contributed by atoms with van der Waals surface area (Å²) in [5, 5.41) is 7.07. The second kappa shape index (κ2) is 8.94. The number of anilines is 1. The largest absolute Gasteiger partial charge is 0.326 e. The number of hydrogen-bond donors (Lipinski definition) is 2. The summed E-state index contributed by atoms with van der Waals surface area (Å²) in [6.07, 6.45) is 0.809. The average Bonchev–Trinajstić information content (AvgIpc) is 2.99. The topological polar surface area (TPSA) is 54.0 Å². The van der Waals surface area contributed by atoms with Crippen LogP contribution in [0.2, 0.25) is 0 Å². The van der Waals surface area contributed by atoms with Crippen molar-refractivity contribution in [1.82, 2.24) is 10.3 Å². The summed E-state index contributed by atoms with van der Waals surface area (Å²) in [7, 11) is 1.85. The van der Waals surface area contributed by atoms with E-state index < -0.39 is 0 Å². The summed E-state index contributed by atoms with van der Waals surface area (Å²) in [6.45, 7) is 2.58. The number of carbonyl (C=O) groups excluding carboxylic acids is 1. The van der Waals surface area contributed by atoms with Gasteiger partial charge in [-0.15, -0.1) is 23.7 Å². The Morgan fingerprint density at radius 1 is 1.16 bits per heavy atom. The van der Waals surface area contributed by atoms with E-state index in [1.54, 1.807) is 11.3 Å². The van der Waals surface area contributed by atoms with Crippen LogP contribution in [0.5, 0.6) is 0 Å². The molecule has 2 N–H and O–H groups in total. The molecular weight excluding hydrogens is 354 g/mol. The molecule has 3 rings (SSSR count). The van der Waals surface area contributed by atoms with Gasteiger partial charge in [-0.3, -0.25) is 4.79 Å². The molecule has 0 aliphatic carbocycles. The third-order valence-electron chi connectivity index (χ3n) is 3.87.